The molecule has 0 unspecified atom stereocenters. The first-order valence-corrected chi connectivity index (χ1v) is 10.9. The molecule has 2 aliphatic rings. The lowest BCUT2D eigenvalue weighted by Gasteiger charge is -2.28. The fourth-order valence-electron chi connectivity index (χ4n) is 3.18. The van der Waals surface area contributed by atoms with Gasteiger partial charge in [-0.15, -0.1) is 11.8 Å². The Morgan fingerprint density at radius 3 is 2.50 bits per heavy atom. The molecule has 0 radical (unpaired) electrons. The van der Waals surface area contributed by atoms with E-state index in [-0.39, 0.29) is 36.0 Å². The maximum absolute atomic E-state index is 13.8. The van der Waals surface area contributed by atoms with Gasteiger partial charge >= 0.3 is 0 Å². The number of carbonyl (C=O) groups is 3. The van der Waals surface area contributed by atoms with Gasteiger partial charge in [-0.2, -0.15) is 0 Å². The summed E-state index contributed by atoms with van der Waals surface area (Å²) in [6, 6.07) is 12.6. The molecule has 1 saturated heterocycles. The first-order chi connectivity index (χ1) is 14.5. The standard InChI is InChI=1S/C22H22FN3O3S/c23-17-4-2-1-3-14(17)11-19-22(29)26-18(12-30-19)21(28)25-15-7-5-13(6-8-15)20(27)24-16-9-10-16/h1-8,16,18-19H,9-12H2,(H,24,27)(H,25,28)(H,26,29)/t18-,19+/m1/s1. The minimum absolute atomic E-state index is 0.118. The molecule has 0 aromatic heterocycles. The predicted molar refractivity (Wildman–Crippen MR) is 114 cm³/mol. The Morgan fingerprint density at radius 2 is 1.83 bits per heavy atom. The number of carbonyl (C=O) groups excluding carboxylic acids is 3. The Labute approximate surface area is 178 Å². The van der Waals surface area contributed by atoms with Crippen molar-refractivity contribution in [2.45, 2.75) is 36.6 Å². The number of hydrogen-bond acceptors (Lipinski definition) is 4. The second-order valence-corrected chi connectivity index (χ2v) is 8.73. The van der Waals surface area contributed by atoms with Crippen molar-refractivity contribution in [2.24, 2.45) is 0 Å². The third-order valence-electron chi connectivity index (χ3n) is 5.08. The maximum Gasteiger partial charge on any atom is 0.251 e. The Bertz CT molecular complexity index is 962. The van der Waals surface area contributed by atoms with Crippen molar-refractivity contribution in [1.82, 2.24) is 10.6 Å². The van der Waals surface area contributed by atoms with Crippen molar-refractivity contribution in [1.29, 1.82) is 0 Å². The molecule has 0 spiro atoms. The van der Waals surface area contributed by atoms with Crippen LogP contribution in [0.25, 0.3) is 0 Å². The van der Waals surface area contributed by atoms with Gasteiger partial charge in [0.1, 0.15) is 11.9 Å². The fourth-order valence-corrected chi connectivity index (χ4v) is 4.36. The second-order valence-electron chi connectivity index (χ2n) is 7.49. The van der Waals surface area contributed by atoms with Crippen LogP contribution in [-0.4, -0.2) is 40.8 Å². The Morgan fingerprint density at radius 1 is 1.10 bits per heavy atom. The fraction of sp³-hybridized carbons (Fsp3) is 0.318. The highest BCUT2D eigenvalue weighted by molar-refractivity contribution is 8.00. The monoisotopic (exact) mass is 427 g/mol. The molecular formula is C22H22FN3O3S. The van der Waals surface area contributed by atoms with Gasteiger partial charge in [-0.05, 0) is 55.2 Å². The van der Waals surface area contributed by atoms with Gasteiger partial charge in [0.2, 0.25) is 11.8 Å². The lowest BCUT2D eigenvalue weighted by Crippen LogP contribution is -2.52. The van der Waals surface area contributed by atoms with E-state index in [1.165, 1.54) is 17.8 Å². The SMILES string of the molecule is O=C(NC1CC1)c1ccc(NC(=O)[C@H]2CS[C@@H](Cc3ccccc3F)C(=O)N2)cc1. The molecule has 30 heavy (non-hydrogen) atoms. The van der Waals surface area contributed by atoms with Gasteiger partial charge in [0, 0.05) is 23.0 Å². The maximum atomic E-state index is 13.8. The van der Waals surface area contributed by atoms with Crippen LogP contribution in [0.1, 0.15) is 28.8 Å². The van der Waals surface area contributed by atoms with Crippen molar-refractivity contribution < 1.29 is 18.8 Å². The number of thioether (sulfide) groups is 1. The summed E-state index contributed by atoms with van der Waals surface area (Å²) in [7, 11) is 0. The quantitative estimate of drug-likeness (QED) is 0.661. The van der Waals surface area contributed by atoms with Crippen LogP contribution in [-0.2, 0) is 16.0 Å². The Kier molecular flexibility index (Phi) is 6.03. The van der Waals surface area contributed by atoms with Gasteiger partial charge in [0.05, 0.1) is 5.25 Å². The van der Waals surface area contributed by atoms with Gasteiger partial charge in [0.15, 0.2) is 0 Å². The first kappa shape index (κ1) is 20.4. The van der Waals surface area contributed by atoms with Crippen LogP contribution in [0.2, 0.25) is 0 Å². The van der Waals surface area contributed by atoms with Gasteiger partial charge in [0.25, 0.3) is 5.91 Å². The third kappa shape index (κ3) is 4.99. The highest BCUT2D eigenvalue weighted by Crippen LogP contribution is 2.24. The summed E-state index contributed by atoms with van der Waals surface area (Å²) in [5.41, 5.74) is 1.58. The highest BCUT2D eigenvalue weighted by atomic mass is 32.2. The Hall–Kier alpha value is -2.87. The van der Waals surface area contributed by atoms with E-state index in [2.05, 4.69) is 16.0 Å². The van der Waals surface area contributed by atoms with Crippen molar-refractivity contribution >= 4 is 35.2 Å². The Balaban J connectivity index is 1.29. The number of rotatable bonds is 6. The first-order valence-electron chi connectivity index (χ1n) is 9.87. The van der Waals surface area contributed by atoms with Crippen LogP contribution < -0.4 is 16.0 Å². The summed E-state index contributed by atoms with van der Waals surface area (Å²) >= 11 is 1.35. The zero-order valence-corrected chi connectivity index (χ0v) is 17.0. The van der Waals surface area contributed by atoms with E-state index in [1.807, 2.05) is 0 Å². The van der Waals surface area contributed by atoms with Crippen molar-refractivity contribution in [3.8, 4) is 0 Å². The van der Waals surface area contributed by atoms with Crippen molar-refractivity contribution in [3.63, 3.8) is 0 Å². The van der Waals surface area contributed by atoms with Crippen molar-refractivity contribution in [2.75, 3.05) is 11.1 Å². The minimum Gasteiger partial charge on any atom is -0.349 e. The molecule has 6 nitrogen and oxygen atoms in total. The summed E-state index contributed by atoms with van der Waals surface area (Å²) in [4.78, 5) is 37.0. The normalized spacial score (nSPS) is 20.9. The smallest absolute Gasteiger partial charge is 0.251 e. The van der Waals surface area contributed by atoms with E-state index in [1.54, 1.807) is 42.5 Å². The number of nitrogens with one attached hydrogen (secondary N) is 3. The summed E-state index contributed by atoms with van der Waals surface area (Å²) in [5.74, 6) is -0.650. The molecular weight excluding hydrogens is 405 g/mol. The van der Waals surface area contributed by atoms with Gasteiger partial charge in [-0.25, -0.2) is 4.39 Å². The zero-order valence-electron chi connectivity index (χ0n) is 16.2. The molecule has 3 N–H and O–H groups in total. The summed E-state index contributed by atoms with van der Waals surface area (Å²) in [6.07, 6.45) is 2.32. The van der Waals surface area contributed by atoms with E-state index < -0.39 is 11.3 Å². The second kappa shape index (κ2) is 8.87. The molecule has 2 atom stereocenters. The zero-order chi connectivity index (χ0) is 21.1. The average Bonchev–Trinajstić information content (AvgIpc) is 3.55. The molecule has 2 fully saturated rings. The van der Waals surface area contributed by atoms with Crippen LogP contribution in [0.15, 0.2) is 48.5 Å². The number of hydrogen-bond donors (Lipinski definition) is 3. The molecule has 2 aromatic rings. The van der Waals surface area contributed by atoms with E-state index in [9.17, 15) is 18.8 Å². The highest BCUT2D eigenvalue weighted by Gasteiger charge is 2.33. The number of anilines is 1. The van der Waals surface area contributed by atoms with E-state index in [0.717, 1.165) is 12.8 Å². The molecule has 3 amide bonds. The lowest BCUT2D eigenvalue weighted by molar-refractivity contribution is -0.126. The van der Waals surface area contributed by atoms with E-state index in [4.69, 9.17) is 0 Å². The van der Waals surface area contributed by atoms with Crippen molar-refractivity contribution in [3.05, 3.63) is 65.5 Å². The van der Waals surface area contributed by atoms with E-state index in [0.29, 0.717) is 22.6 Å². The third-order valence-corrected chi connectivity index (χ3v) is 6.39. The van der Waals surface area contributed by atoms with Crippen LogP contribution in [0, 0.1) is 5.82 Å². The van der Waals surface area contributed by atoms with Crippen LogP contribution in [0.3, 0.4) is 0 Å². The minimum atomic E-state index is -0.669. The summed E-state index contributed by atoms with van der Waals surface area (Å²) < 4.78 is 13.8. The predicted octanol–water partition coefficient (Wildman–Crippen LogP) is 2.50. The van der Waals surface area contributed by atoms with E-state index >= 15 is 0 Å². The topological polar surface area (TPSA) is 87.3 Å². The average molecular weight is 428 g/mol. The largest absolute Gasteiger partial charge is 0.349 e. The molecule has 8 heteroatoms. The molecule has 1 aliphatic carbocycles. The molecule has 0 bridgehead atoms. The molecule has 1 saturated carbocycles. The number of amides is 3. The summed E-state index contributed by atoms with van der Waals surface area (Å²) in [6.45, 7) is 0. The molecule has 1 aliphatic heterocycles. The molecule has 2 aromatic carbocycles. The van der Waals surface area contributed by atoms with Gasteiger partial charge in [-0.1, -0.05) is 18.2 Å². The van der Waals surface area contributed by atoms with Crippen LogP contribution in [0.5, 0.6) is 0 Å². The summed E-state index contributed by atoms with van der Waals surface area (Å²) in [5, 5.41) is 7.97. The molecule has 1 heterocycles. The number of benzene rings is 2. The lowest BCUT2D eigenvalue weighted by atomic mass is 10.1. The van der Waals surface area contributed by atoms with Gasteiger partial charge < -0.3 is 16.0 Å². The van der Waals surface area contributed by atoms with Crippen LogP contribution >= 0.6 is 11.8 Å². The molecule has 156 valence electrons. The number of halogens is 1. The van der Waals surface area contributed by atoms with Gasteiger partial charge in [-0.3, -0.25) is 14.4 Å². The van der Waals surface area contributed by atoms with Crippen LogP contribution in [0.4, 0.5) is 10.1 Å². The molecule has 4 rings (SSSR count).